The number of hydrogen-bond donors (Lipinski definition) is 7. The number of aliphatic hydroxyl groups is 7. The van der Waals surface area contributed by atoms with Crippen molar-refractivity contribution in [2.45, 2.75) is 325 Å². The number of rotatable bonds is 52. The van der Waals surface area contributed by atoms with Crippen LogP contribution in [0.2, 0.25) is 0 Å². The van der Waals surface area contributed by atoms with Gasteiger partial charge in [0.05, 0.1) is 26.4 Å². The van der Waals surface area contributed by atoms with E-state index in [9.17, 15) is 40.5 Å². The second kappa shape index (κ2) is 50.0. The van der Waals surface area contributed by atoms with Crippen molar-refractivity contribution in [2.24, 2.45) is 0 Å². The molecule has 14 nitrogen and oxygen atoms in total. The maximum Gasteiger partial charge on any atom is 0.306 e. The molecule has 0 aromatic carbocycles. The van der Waals surface area contributed by atoms with Crippen LogP contribution in [0.15, 0.2) is 36.5 Å². The zero-order valence-electron chi connectivity index (χ0n) is 48.7. The van der Waals surface area contributed by atoms with E-state index in [0.29, 0.717) is 13.0 Å². The normalized spacial score (nSPS) is 24.5. The first-order chi connectivity index (χ1) is 37.6. The molecule has 2 aliphatic rings. The fourth-order valence-corrected chi connectivity index (χ4v) is 10.0. The van der Waals surface area contributed by atoms with E-state index in [1.54, 1.807) is 0 Å². The van der Waals surface area contributed by atoms with Gasteiger partial charge in [0.1, 0.15) is 54.9 Å². The van der Waals surface area contributed by atoms with E-state index in [1.165, 1.54) is 186 Å². The van der Waals surface area contributed by atoms with Gasteiger partial charge in [-0.1, -0.05) is 217 Å². The Morgan fingerprint density at radius 3 is 1.29 bits per heavy atom. The van der Waals surface area contributed by atoms with Crippen molar-refractivity contribution >= 4 is 5.97 Å². The Kier molecular flexibility index (Phi) is 46.3. The number of aliphatic hydroxyl groups excluding tert-OH is 7. The lowest BCUT2D eigenvalue weighted by Gasteiger charge is -2.42. The Morgan fingerprint density at radius 2 is 0.805 bits per heavy atom. The highest BCUT2D eigenvalue weighted by molar-refractivity contribution is 5.69. The molecule has 0 aliphatic carbocycles. The maximum absolute atomic E-state index is 13.1. The van der Waals surface area contributed by atoms with Crippen molar-refractivity contribution < 1.29 is 69.0 Å². The predicted molar refractivity (Wildman–Crippen MR) is 307 cm³/mol. The van der Waals surface area contributed by atoms with Crippen LogP contribution in [0.4, 0.5) is 0 Å². The van der Waals surface area contributed by atoms with E-state index in [2.05, 4.69) is 50.3 Å². The summed E-state index contributed by atoms with van der Waals surface area (Å²) in [6.45, 7) is 3.70. The van der Waals surface area contributed by atoms with Crippen LogP contribution in [-0.4, -0.2) is 142 Å². The third-order valence-corrected chi connectivity index (χ3v) is 15.1. The molecular weight excluding hydrogens is 981 g/mol. The predicted octanol–water partition coefficient (Wildman–Crippen LogP) is 12.1. The molecule has 0 spiro atoms. The summed E-state index contributed by atoms with van der Waals surface area (Å²) in [4.78, 5) is 13.1. The van der Waals surface area contributed by atoms with Crippen molar-refractivity contribution in [3.63, 3.8) is 0 Å². The van der Waals surface area contributed by atoms with E-state index >= 15 is 0 Å². The quantitative estimate of drug-likeness (QED) is 0.0172. The van der Waals surface area contributed by atoms with Crippen molar-refractivity contribution in [1.82, 2.24) is 0 Å². The largest absolute Gasteiger partial charge is 0.457 e. The molecule has 0 bridgehead atoms. The molecule has 2 aliphatic heterocycles. The monoisotopic (exact) mass is 1100 g/mol. The van der Waals surface area contributed by atoms with E-state index in [1.807, 2.05) is 0 Å². The van der Waals surface area contributed by atoms with Gasteiger partial charge in [-0.05, 0) is 70.6 Å². The zero-order valence-corrected chi connectivity index (χ0v) is 48.7. The van der Waals surface area contributed by atoms with Gasteiger partial charge in [-0.25, -0.2) is 0 Å². The molecule has 0 amide bonds. The number of hydrogen-bond acceptors (Lipinski definition) is 14. The molecule has 2 fully saturated rings. The average Bonchev–Trinajstić information content (AvgIpc) is 3.43. The Bertz CT molecular complexity index is 1410. The smallest absolute Gasteiger partial charge is 0.306 e. The van der Waals surface area contributed by atoms with Crippen LogP contribution in [-0.2, 0) is 33.2 Å². The highest BCUT2D eigenvalue weighted by Gasteiger charge is 2.47. The van der Waals surface area contributed by atoms with Gasteiger partial charge in [0.2, 0.25) is 0 Å². The number of esters is 1. The third-order valence-electron chi connectivity index (χ3n) is 15.1. The SMILES string of the molecule is CCCCC/C=C\C/C=C\CCCCCCCCCCCCOCC(COC1OC(COC2OC(CO)C(O)C(O)C2O)C(O)C(O)C1O)OC(=O)CCCCCCCCCCCCC/C=C\CCCCCCCCCC. The molecule has 2 heterocycles. The average molecular weight is 1100 g/mol. The molecular formula is C63H116O14. The van der Waals surface area contributed by atoms with Gasteiger partial charge in [0.25, 0.3) is 0 Å². The second-order valence-electron chi connectivity index (χ2n) is 22.2. The summed E-state index contributed by atoms with van der Waals surface area (Å²) >= 11 is 0. The summed E-state index contributed by atoms with van der Waals surface area (Å²) in [7, 11) is 0. The minimum Gasteiger partial charge on any atom is -0.457 e. The standard InChI is InChI=1S/C63H116O14/c1-3-5-7-9-11-13-15-17-19-21-23-25-26-27-28-30-32-34-36-38-40-42-44-46-55(65)75-52(49-72-47-45-43-41-39-37-35-33-31-29-24-22-20-18-16-14-12-10-8-6-4-2)50-73-62-61(71)59(69)57(67)54(77-62)51-74-63-60(70)58(68)56(66)53(48-64)76-63/h12,14,18,20-21,23,52-54,56-64,66-71H,3-11,13,15-17,19,22,24-51H2,1-2H3/b14-12-,20-18-,23-21-. The fourth-order valence-electron chi connectivity index (χ4n) is 10.0. The Balaban J connectivity index is 1.68. The molecule has 7 N–H and O–H groups in total. The number of carbonyl (C=O) groups is 1. The third kappa shape index (κ3) is 36.3. The first-order valence-corrected chi connectivity index (χ1v) is 31.6. The van der Waals surface area contributed by atoms with Gasteiger partial charge >= 0.3 is 5.97 Å². The van der Waals surface area contributed by atoms with E-state index < -0.39 is 80.7 Å². The van der Waals surface area contributed by atoms with Gasteiger partial charge in [0, 0.05) is 13.0 Å². The molecule has 452 valence electrons. The molecule has 77 heavy (non-hydrogen) atoms. The van der Waals surface area contributed by atoms with Gasteiger partial charge in [0.15, 0.2) is 12.6 Å². The molecule has 0 radical (unpaired) electrons. The number of ether oxygens (including phenoxy) is 6. The van der Waals surface area contributed by atoms with E-state index in [4.69, 9.17) is 28.4 Å². The molecule has 11 unspecified atom stereocenters. The lowest BCUT2D eigenvalue weighted by Crippen LogP contribution is -2.61. The summed E-state index contributed by atoms with van der Waals surface area (Å²) in [5.41, 5.74) is 0. The molecule has 2 rings (SSSR count). The van der Waals surface area contributed by atoms with Crippen LogP contribution in [0.3, 0.4) is 0 Å². The molecule has 0 aromatic rings. The lowest BCUT2D eigenvalue weighted by atomic mass is 9.98. The first kappa shape index (κ1) is 71.3. The van der Waals surface area contributed by atoms with Gasteiger partial charge < -0.3 is 64.2 Å². The molecule has 2 saturated heterocycles. The highest BCUT2D eigenvalue weighted by atomic mass is 16.7. The molecule has 14 heteroatoms. The Hall–Kier alpha value is -1.79. The van der Waals surface area contributed by atoms with E-state index in [-0.39, 0.29) is 25.6 Å². The fraction of sp³-hybridized carbons (Fsp3) is 0.889. The van der Waals surface area contributed by atoms with Gasteiger partial charge in [-0.3, -0.25) is 4.79 Å². The van der Waals surface area contributed by atoms with E-state index in [0.717, 1.165) is 44.9 Å². The number of allylic oxidation sites excluding steroid dienone is 6. The van der Waals surface area contributed by atoms with Crippen LogP contribution in [0.5, 0.6) is 0 Å². The summed E-state index contributed by atoms with van der Waals surface area (Å²) < 4.78 is 34.5. The zero-order chi connectivity index (χ0) is 55.8. The summed E-state index contributed by atoms with van der Waals surface area (Å²) in [6, 6.07) is 0. The minimum atomic E-state index is -1.71. The topological polar surface area (TPSA) is 214 Å². The second-order valence-corrected chi connectivity index (χ2v) is 22.2. The lowest BCUT2D eigenvalue weighted by molar-refractivity contribution is -0.332. The van der Waals surface area contributed by atoms with Crippen LogP contribution >= 0.6 is 0 Å². The first-order valence-electron chi connectivity index (χ1n) is 31.6. The Labute approximate surface area is 468 Å². The Morgan fingerprint density at radius 1 is 0.429 bits per heavy atom. The van der Waals surface area contributed by atoms with Gasteiger partial charge in [-0.2, -0.15) is 0 Å². The van der Waals surface area contributed by atoms with Crippen LogP contribution < -0.4 is 0 Å². The number of unbranched alkanes of at least 4 members (excludes halogenated alkanes) is 32. The van der Waals surface area contributed by atoms with Crippen molar-refractivity contribution in [1.29, 1.82) is 0 Å². The molecule has 11 atom stereocenters. The summed E-state index contributed by atoms with van der Waals surface area (Å²) in [5.74, 6) is -0.374. The number of carbonyl (C=O) groups excluding carboxylic acids is 1. The minimum absolute atomic E-state index is 0.0613. The highest BCUT2D eigenvalue weighted by Crippen LogP contribution is 2.27. The maximum atomic E-state index is 13.1. The van der Waals surface area contributed by atoms with Gasteiger partial charge in [-0.15, -0.1) is 0 Å². The summed E-state index contributed by atoms with van der Waals surface area (Å²) in [6.07, 6.45) is 43.5. The molecule has 0 aromatic heterocycles. The van der Waals surface area contributed by atoms with Crippen LogP contribution in [0, 0.1) is 0 Å². The van der Waals surface area contributed by atoms with Crippen LogP contribution in [0.1, 0.15) is 258 Å². The summed E-state index contributed by atoms with van der Waals surface area (Å²) in [5, 5.41) is 72.5. The van der Waals surface area contributed by atoms with Crippen molar-refractivity contribution in [2.75, 3.05) is 33.0 Å². The van der Waals surface area contributed by atoms with Crippen molar-refractivity contribution in [3.8, 4) is 0 Å². The van der Waals surface area contributed by atoms with Crippen molar-refractivity contribution in [3.05, 3.63) is 36.5 Å². The molecule has 0 saturated carbocycles. The van der Waals surface area contributed by atoms with Crippen LogP contribution in [0.25, 0.3) is 0 Å².